The number of hydrogen-bond acceptors (Lipinski definition) is 8. The molecule has 0 aliphatic rings. The van der Waals surface area contributed by atoms with Crippen molar-refractivity contribution in [2.75, 3.05) is 11.1 Å². The average Bonchev–Trinajstić information content (AvgIpc) is 3.20. The van der Waals surface area contributed by atoms with Crippen LogP contribution in [0.3, 0.4) is 0 Å². The first-order chi connectivity index (χ1) is 12.2. The molecule has 3 heterocycles. The van der Waals surface area contributed by atoms with Crippen LogP contribution in [0, 0.1) is 6.92 Å². The van der Waals surface area contributed by atoms with Crippen molar-refractivity contribution in [3.05, 3.63) is 42.2 Å². The minimum atomic E-state index is -0.167. The Labute approximate surface area is 152 Å². The summed E-state index contributed by atoms with van der Waals surface area (Å²) >= 11 is 2.64. The predicted octanol–water partition coefficient (Wildman–Crippen LogP) is 2.42. The summed E-state index contributed by atoms with van der Waals surface area (Å²) in [6.45, 7) is 6.15. The second kappa shape index (κ2) is 7.99. The molecule has 0 radical (unpaired) electrons. The van der Waals surface area contributed by atoms with E-state index in [4.69, 9.17) is 0 Å². The molecule has 0 saturated carbocycles. The van der Waals surface area contributed by atoms with Crippen molar-refractivity contribution in [2.24, 2.45) is 0 Å². The van der Waals surface area contributed by atoms with Crippen LogP contribution in [0.4, 0.5) is 5.13 Å². The number of aromatic nitrogens is 6. The minimum Gasteiger partial charge on any atom is -0.300 e. The standard InChI is InChI=1S/C15H15N7OS2/c1-3-8-22-13(11-4-6-16-7-5-11)19-21-15(22)24-9-12(23)17-14-20-18-10(2)25-14/h3-7H,1,8-9H2,2H3,(H,17,20,23). The van der Waals surface area contributed by atoms with E-state index in [0.29, 0.717) is 22.7 Å². The summed E-state index contributed by atoms with van der Waals surface area (Å²) in [4.78, 5) is 16.1. The lowest BCUT2D eigenvalue weighted by atomic mass is 10.2. The maximum Gasteiger partial charge on any atom is 0.236 e. The molecule has 128 valence electrons. The normalized spacial score (nSPS) is 10.6. The lowest BCUT2D eigenvalue weighted by Gasteiger charge is -2.07. The number of carbonyl (C=O) groups is 1. The van der Waals surface area contributed by atoms with Crippen LogP contribution in [0.2, 0.25) is 0 Å². The van der Waals surface area contributed by atoms with Crippen molar-refractivity contribution in [3.8, 4) is 11.4 Å². The molecule has 1 amide bonds. The summed E-state index contributed by atoms with van der Waals surface area (Å²) in [5.41, 5.74) is 0.907. The SMILES string of the molecule is C=CCn1c(SCC(=O)Nc2nnc(C)s2)nnc1-c1ccncc1. The van der Waals surface area contributed by atoms with E-state index < -0.39 is 0 Å². The molecule has 8 nitrogen and oxygen atoms in total. The van der Waals surface area contributed by atoms with Crippen LogP contribution in [-0.4, -0.2) is 41.6 Å². The third-order valence-corrected chi connectivity index (χ3v) is 4.79. The molecule has 0 unspecified atom stereocenters. The zero-order valence-corrected chi connectivity index (χ0v) is 15.0. The van der Waals surface area contributed by atoms with E-state index in [0.717, 1.165) is 10.6 Å². The van der Waals surface area contributed by atoms with Gasteiger partial charge in [0.1, 0.15) is 5.01 Å². The van der Waals surface area contributed by atoms with Crippen LogP contribution < -0.4 is 5.32 Å². The van der Waals surface area contributed by atoms with E-state index in [9.17, 15) is 4.79 Å². The topological polar surface area (TPSA) is 98.5 Å². The largest absolute Gasteiger partial charge is 0.300 e. The van der Waals surface area contributed by atoms with Crippen molar-refractivity contribution in [1.29, 1.82) is 0 Å². The van der Waals surface area contributed by atoms with Crippen molar-refractivity contribution in [3.63, 3.8) is 0 Å². The minimum absolute atomic E-state index is 0.167. The zero-order chi connectivity index (χ0) is 17.6. The molecule has 0 aliphatic heterocycles. The highest BCUT2D eigenvalue weighted by Gasteiger charge is 2.15. The number of aryl methyl sites for hydroxylation is 1. The van der Waals surface area contributed by atoms with Crippen LogP contribution in [0.25, 0.3) is 11.4 Å². The lowest BCUT2D eigenvalue weighted by molar-refractivity contribution is -0.113. The molecular formula is C15H15N7OS2. The summed E-state index contributed by atoms with van der Waals surface area (Å²) in [5, 5.41) is 20.8. The molecule has 25 heavy (non-hydrogen) atoms. The molecule has 3 aromatic rings. The highest BCUT2D eigenvalue weighted by atomic mass is 32.2. The van der Waals surface area contributed by atoms with Gasteiger partial charge in [-0.15, -0.1) is 27.0 Å². The number of thioether (sulfide) groups is 1. The van der Waals surface area contributed by atoms with Gasteiger partial charge in [-0.2, -0.15) is 0 Å². The maximum absolute atomic E-state index is 12.1. The lowest BCUT2D eigenvalue weighted by Crippen LogP contribution is -2.14. The third-order valence-electron chi connectivity index (χ3n) is 3.07. The van der Waals surface area contributed by atoms with Gasteiger partial charge in [-0.05, 0) is 19.1 Å². The summed E-state index contributed by atoms with van der Waals surface area (Å²) < 4.78 is 1.91. The van der Waals surface area contributed by atoms with Gasteiger partial charge in [0.05, 0.1) is 5.75 Å². The molecule has 10 heteroatoms. The van der Waals surface area contributed by atoms with E-state index >= 15 is 0 Å². The summed E-state index contributed by atoms with van der Waals surface area (Å²) in [6.07, 6.45) is 5.17. The highest BCUT2D eigenvalue weighted by Crippen LogP contribution is 2.24. The van der Waals surface area contributed by atoms with Gasteiger partial charge in [0.2, 0.25) is 11.0 Å². The molecule has 0 bridgehead atoms. The molecule has 3 aromatic heterocycles. The van der Waals surface area contributed by atoms with Crippen molar-refractivity contribution in [1.82, 2.24) is 29.9 Å². The highest BCUT2D eigenvalue weighted by molar-refractivity contribution is 7.99. The number of pyridine rings is 1. The number of carbonyl (C=O) groups excluding carboxylic acids is 1. The van der Waals surface area contributed by atoms with Crippen LogP contribution >= 0.6 is 23.1 Å². The molecule has 1 N–H and O–H groups in total. The Bertz CT molecular complexity index is 875. The Kier molecular flexibility index (Phi) is 5.51. The molecule has 0 atom stereocenters. The van der Waals surface area contributed by atoms with Gasteiger partial charge >= 0.3 is 0 Å². The van der Waals surface area contributed by atoms with Gasteiger partial charge in [-0.3, -0.25) is 19.7 Å². The Balaban J connectivity index is 1.70. The zero-order valence-electron chi connectivity index (χ0n) is 13.4. The van der Waals surface area contributed by atoms with Gasteiger partial charge < -0.3 is 0 Å². The van der Waals surface area contributed by atoms with E-state index in [2.05, 4.69) is 37.3 Å². The predicted molar refractivity (Wildman–Crippen MR) is 97.4 cm³/mol. The molecule has 0 spiro atoms. The Morgan fingerprint density at radius 2 is 2.12 bits per heavy atom. The molecular weight excluding hydrogens is 358 g/mol. The third kappa shape index (κ3) is 4.28. The second-order valence-corrected chi connectivity index (χ2v) is 7.03. The number of anilines is 1. The van der Waals surface area contributed by atoms with E-state index in [1.54, 1.807) is 18.5 Å². The van der Waals surface area contributed by atoms with Crippen LogP contribution in [0.1, 0.15) is 5.01 Å². The Morgan fingerprint density at radius 3 is 2.80 bits per heavy atom. The molecule has 0 aliphatic carbocycles. The first-order valence-electron chi connectivity index (χ1n) is 7.34. The summed E-state index contributed by atoms with van der Waals surface area (Å²) in [6, 6.07) is 3.73. The smallest absolute Gasteiger partial charge is 0.236 e. The number of hydrogen-bond donors (Lipinski definition) is 1. The second-order valence-electron chi connectivity index (χ2n) is 4.90. The quantitative estimate of drug-likeness (QED) is 0.501. The number of allylic oxidation sites excluding steroid dienone is 1. The van der Waals surface area contributed by atoms with Gasteiger partial charge in [0.15, 0.2) is 11.0 Å². The van der Waals surface area contributed by atoms with Gasteiger partial charge in [0.25, 0.3) is 0 Å². The number of rotatable bonds is 7. The average molecular weight is 373 g/mol. The maximum atomic E-state index is 12.1. The summed E-state index contributed by atoms with van der Waals surface area (Å²) in [5.74, 6) is 0.745. The van der Waals surface area contributed by atoms with Crippen molar-refractivity contribution < 1.29 is 4.79 Å². The number of amides is 1. The Hall–Kier alpha value is -2.59. The fourth-order valence-corrected chi connectivity index (χ4v) is 3.39. The van der Waals surface area contributed by atoms with E-state index in [1.807, 2.05) is 23.6 Å². The number of nitrogens with zero attached hydrogens (tertiary/aromatic N) is 6. The van der Waals surface area contributed by atoms with Crippen molar-refractivity contribution >= 4 is 34.1 Å². The molecule has 3 rings (SSSR count). The van der Waals surface area contributed by atoms with E-state index in [-0.39, 0.29) is 11.7 Å². The number of nitrogens with one attached hydrogen (secondary N) is 1. The van der Waals surface area contributed by atoms with Crippen LogP contribution in [-0.2, 0) is 11.3 Å². The van der Waals surface area contributed by atoms with Gasteiger partial charge in [-0.1, -0.05) is 29.2 Å². The molecule has 0 saturated heterocycles. The van der Waals surface area contributed by atoms with E-state index in [1.165, 1.54) is 23.1 Å². The monoisotopic (exact) mass is 373 g/mol. The molecule has 0 fully saturated rings. The first-order valence-corrected chi connectivity index (χ1v) is 9.15. The van der Waals surface area contributed by atoms with Crippen LogP contribution in [0.5, 0.6) is 0 Å². The van der Waals surface area contributed by atoms with Crippen molar-refractivity contribution in [2.45, 2.75) is 18.6 Å². The Morgan fingerprint density at radius 1 is 1.32 bits per heavy atom. The summed E-state index contributed by atoms with van der Waals surface area (Å²) in [7, 11) is 0. The van der Waals surface area contributed by atoms with Gasteiger partial charge in [0, 0.05) is 24.5 Å². The first kappa shape index (κ1) is 17.2. The van der Waals surface area contributed by atoms with Crippen LogP contribution in [0.15, 0.2) is 42.3 Å². The fourth-order valence-electron chi connectivity index (χ4n) is 2.04. The van der Waals surface area contributed by atoms with Gasteiger partial charge in [-0.25, -0.2) is 0 Å². The molecule has 0 aromatic carbocycles. The fraction of sp³-hybridized carbons (Fsp3) is 0.200.